The van der Waals surface area contributed by atoms with Gasteiger partial charge in [0.2, 0.25) is 0 Å². The van der Waals surface area contributed by atoms with Crippen molar-refractivity contribution >= 4 is 34.0 Å². The summed E-state index contributed by atoms with van der Waals surface area (Å²) in [6, 6.07) is 0. The van der Waals surface area contributed by atoms with E-state index in [1.165, 1.54) is 11.8 Å². The SMILES string of the molecule is CC(CSC(=S)N1CCOCC1)=NO. The first-order valence-electron chi connectivity index (χ1n) is 4.41. The second-order valence-electron chi connectivity index (χ2n) is 2.99. The van der Waals surface area contributed by atoms with Gasteiger partial charge in [-0.15, -0.1) is 0 Å². The minimum Gasteiger partial charge on any atom is -0.411 e. The van der Waals surface area contributed by atoms with Gasteiger partial charge in [0.05, 0.1) is 18.9 Å². The molecular formula is C8H14N2O2S2. The number of hydrogen-bond acceptors (Lipinski definition) is 5. The molecule has 4 nitrogen and oxygen atoms in total. The molecule has 0 spiro atoms. The van der Waals surface area contributed by atoms with Crippen molar-refractivity contribution in [2.24, 2.45) is 5.16 Å². The van der Waals surface area contributed by atoms with Crippen LogP contribution in [0.2, 0.25) is 0 Å². The van der Waals surface area contributed by atoms with E-state index in [0.29, 0.717) is 11.5 Å². The van der Waals surface area contributed by atoms with Crippen LogP contribution in [0.5, 0.6) is 0 Å². The third-order valence-corrected chi connectivity index (χ3v) is 3.52. The zero-order chi connectivity index (χ0) is 10.4. The van der Waals surface area contributed by atoms with Gasteiger partial charge in [0.1, 0.15) is 4.32 Å². The number of thioether (sulfide) groups is 1. The van der Waals surface area contributed by atoms with E-state index in [9.17, 15) is 0 Å². The van der Waals surface area contributed by atoms with Crippen LogP contribution in [0.25, 0.3) is 0 Å². The molecule has 0 aromatic heterocycles. The van der Waals surface area contributed by atoms with Crippen molar-refractivity contribution in [3.05, 3.63) is 0 Å². The largest absolute Gasteiger partial charge is 0.411 e. The first-order chi connectivity index (χ1) is 6.74. The first kappa shape index (κ1) is 11.7. The minimum absolute atomic E-state index is 0.646. The number of hydrogen-bond donors (Lipinski definition) is 1. The highest BCUT2D eigenvalue weighted by molar-refractivity contribution is 8.23. The van der Waals surface area contributed by atoms with E-state index >= 15 is 0 Å². The fourth-order valence-electron chi connectivity index (χ4n) is 1.03. The molecule has 1 fully saturated rings. The van der Waals surface area contributed by atoms with E-state index in [4.69, 9.17) is 22.2 Å². The monoisotopic (exact) mass is 234 g/mol. The molecule has 0 aromatic carbocycles. The molecule has 6 heteroatoms. The molecule has 14 heavy (non-hydrogen) atoms. The van der Waals surface area contributed by atoms with Crippen LogP contribution in [0.3, 0.4) is 0 Å². The number of rotatable bonds is 2. The van der Waals surface area contributed by atoms with Gasteiger partial charge < -0.3 is 14.8 Å². The summed E-state index contributed by atoms with van der Waals surface area (Å²) in [5.41, 5.74) is 0.686. The van der Waals surface area contributed by atoms with Crippen molar-refractivity contribution in [2.45, 2.75) is 6.92 Å². The molecule has 1 heterocycles. The molecule has 1 aliphatic heterocycles. The molecule has 0 atom stereocenters. The van der Waals surface area contributed by atoms with Gasteiger partial charge in [-0.3, -0.25) is 0 Å². The normalized spacial score (nSPS) is 18.4. The van der Waals surface area contributed by atoms with Crippen LogP contribution in [-0.4, -0.2) is 52.2 Å². The van der Waals surface area contributed by atoms with Crippen molar-refractivity contribution in [1.29, 1.82) is 0 Å². The summed E-state index contributed by atoms with van der Waals surface area (Å²) in [6.07, 6.45) is 0. The van der Waals surface area contributed by atoms with E-state index in [1.807, 2.05) is 0 Å². The van der Waals surface area contributed by atoms with E-state index in [0.717, 1.165) is 30.6 Å². The van der Waals surface area contributed by atoms with Gasteiger partial charge in [0.25, 0.3) is 0 Å². The van der Waals surface area contributed by atoms with Crippen LogP contribution >= 0.6 is 24.0 Å². The van der Waals surface area contributed by atoms with Crippen LogP contribution in [0.1, 0.15) is 6.92 Å². The Balaban J connectivity index is 2.26. The highest BCUT2D eigenvalue weighted by Crippen LogP contribution is 2.11. The number of nitrogens with zero attached hydrogens (tertiary/aromatic N) is 2. The van der Waals surface area contributed by atoms with Crippen LogP contribution in [0, 0.1) is 0 Å². The Morgan fingerprint density at radius 1 is 1.57 bits per heavy atom. The Labute approximate surface area is 93.3 Å². The summed E-state index contributed by atoms with van der Waals surface area (Å²) >= 11 is 6.76. The van der Waals surface area contributed by atoms with Gasteiger partial charge in [-0.05, 0) is 6.92 Å². The fraction of sp³-hybridized carbons (Fsp3) is 0.750. The second-order valence-corrected chi connectivity index (χ2v) is 4.60. The van der Waals surface area contributed by atoms with Crippen LogP contribution in [0.15, 0.2) is 5.16 Å². The third-order valence-electron chi connectivity index (χ3n) is 1.84. The molecule has 0 amide bonds. The molecule has 1 aliphatic rings. The zero-order valence-corrected chi connectivity index (χ0v) is 9.73. The number of thiocarbonyl (C=S) groups is 1. The summed E-state index contributed by atoms with van der Waals surface area (Å²) in [6.45, 7) is 4.98. The third kappa shape index (κ3) is 3.81. The molecule has 0 aliphatic carbocycles. The molecular weight excluding hydrogens is 220 g/mol. The zero-order valence-electron chi connectivity index (χ0n) is 8.10. The number of morpholine rings is 1. The Kier molecular flexibility index (Phi) is 5.21. The Hall–Kier alpha value is -0.330. The summed E-state index contributed by atoms with van der Waals surface area (Å²) in [4.78, 5) is 2.12. The molecule has 80 valence electrons. The molecule has 1 N–H and O–H groups in total. The van der Waals surface area contributed by atoms with Crippen LogP contribution in [0.4, 0.5) is 0 Å². The van der Waals surface area contributed by atoms with Crippen LogP contribution < -0.4 is 0 Å². The van der Waals surface area contributed by atoms with E-state index in [1.54, 1.807) is 6.92 Å². The molecule has 0 unspecified atom stereocenters. The molecule has 1 rings (SSSR count). The quantitative estimate of drug-likeness (QED) is 0.336. The number of ether oxygens (including phenoxy) is 1. The van der Waals surface area contributed by atoms with Gasteiger partial charge in [0, 0.05) is 18.8 Å². The van der Waals surface area contributed by atoms with Gasteiger partial charge in [0.15, 0.2) is 0 Å². The smallest absolute Gasteiger partial charge is 0.136 e. The Morgan fingerprint density at radius 3 is 2.79 bits per heavy atom. The van der Waals surface area contributed by atoms with Crippen molar-refractivity contribution < 1.29 is 9.94 Å². The van der Waals surface area contributed by atoms with E-state index < -0.39 is 0 Å². The highest BCUT2D eigenvalue weighted by atomic mass is 32.2. The maximum Gasteiger partial charge on any atom is 0.136 e. The summed E-state index contributed by atoms with van der Waals surface area (Å²) in [7, 11) is 0. The predicted molar refractivity (Wildman–Crippen MR) is 62.3 cm³/mol. The summed E-state index contributed by atoms with van der Waals surface area (Å²) < 4.78 is 6.08. The van der Waals surface area contributed by atoms with Crippen LogP contribution in [-0.2, 0) is 4.74 Å². The van der Waals surface area contributed by atoms with Gasteiger partial charge in [-0.2, -0.15) is 0 Å². The topological polar surface area (TPSA) is 45.1 Å². The lowest BCUT2D eigenvalue weighted by Gasteiger charge is -2.28. The summed E-state index contributed by atoms with van der Waals surface area (Å²) in [5.74, 6) is 0.646. The molecule has 0 bridgehead atoms. The first-order valence-corrected chi connectivity index (χ1v) is 5.80. The lowest BCUT2D eigenvalue weighted by Crippen LogP contribution is -2.38. The molecule has 0 aromatic rings. The van der Waals surface area contributed by atoms with E-state index in [-0.39, 0.29) is 0 Å². The standard InChI is InChI=1S/C8H14N2O2S2/c1-7(9-11)6-14-8(13)10-2-4-12-5-3-10/h11H,2-6H2,1H3. The minimum atomic E-state index is 0.646. The lowest BCUT2D eigenvalue weighted by molar-refractivity contribution is 0.0702. The van der Waals surface area contributed by atoms with Crippen molar-refractivity contribution in [2.75, 3.05) is 32.1 Å². The lowest BCUT2D eigenvalue weighted by atomic mass is 10.5. The van der Waals surface area contributed by atoms with E-state index in [2.05, 4.69) is 10.1 Å². The maximum atomic E-state index is 8.46. The second kappa shape index (κ2) is 6.21. The van der Waals surface area contributed by atoms with Crippen molar-refractivity contribution in [1.82, 2.24) is 4.90 Å². The molecule has 1 saturated heterocycles. The number of oxime groups is 1. The Morgan fingerprint density at radius 2 is 2.21 bits per heavy atom. The maximum absolute atomic E-state index is 8.46. The van der Waals surface area contributed by atoms with Crippen molar-refractivity contribution in [3.8, 4) is 0 Å². The molecule has 0 saturated carbocycles. The van der Waals surface area contributed by atoms with Gasteiger partial charge in [-0.1, -0.05) is 29.1 Å². The Bertz CT molecular complexity index is 227. The fourth-order valence-corrected chi connectivity index (χ4v) is 2.15. The highest BCUT2D eigenvalue weighted by Gasteiger charge is 2.13. The predicted octanol–water partition coefficient (Wildman–Crippen LogP) is 1.19. The van der Waals surface area contributed by atoms with Gasteiger partial charge in [-0.25, -0.2) is 0 Å². The summed E-state index contributed by atoms with van der Waals surface area (Å²) in [5, 5.41) is 11.6. The van der Waals surface area contributed by atoms with Gasteiger partial charge >= 0.3 is 0 Å². The average Bonchev–Trinajstić information content (AvgIpc) is 2.26. The average molecular weight is 234 g/mol. The molecule has 0 radical (unpaired) electrons. The van der Waals surface area contributed by atoms with Crippen molar-refractivity contribution in [3.63, 3.8) is 0 Å².